The Kier molecular flexibility index (Phi) is 4.56. The molecule has 1 amide bonds. The molecule has 2 rings (SSSR count). The van der Waals surface area contributed by atoms with E-state index in [1.54, 1.807) is 32.9 Å². The Morgan fingerprint density at radius 2 is 1.91 bits per heavy atom. The fraction of sp³-hybridized carbons (Fsp3) is 0.250. The molecule has 0 saturated heterocycles. The van der Waals surface area contributed by atoms with E-state index in [0.29, 0.717) is 10.7 Å². The maximum atomic E-state index is 12.5. The van der Waals surface area contributed by atoms with Gasteiger partial charge < -0.3 is 5.32 Å². The minimum Gasteiger partial charge on any atom is -0.325 e. The molecular formula is C16H16ClN3O2. The van der Waals surface area contributed by atoms with Gasteiger partial charge in [0.05, 0.1) is 11.9 Å². The highest BCUT2D eigenvalue weighted by atomic mass is 35.5. The van der Waals surface area contributed by atoms with E-state index in [4.69, 9.17) is 11.6 Å². The molecule has 0 aliphatic heterocycles. The van der Waals surface area contributed by atoms with E-state index < -0.39 is 5.41 Å². The van der Waals surface area contributed by atoms with Crippen LogP contribution in [0.1, 0.15) is 36.8 Å². The summed E-state index contributed by atoms with van der Waals surface area (Å²) in [7, 11) is 0. The molecule has 1 N–H and O–H groups in total. The van der Waals surface area contributed by atoms with Crippen molar-refractivity contribution in [2.45, 2.75) is 20.8 Å². The largest absolute Gasteiger partial charge is 0.325 e. The highest BCUT2D eigenvalue weighted by molar-refractivity contribution is 6.31. The first-order chi connectivity index (χ1) is 10.3. The molecule has 1 aromatic carbocycles. The van der Waals surface area contributed by atoms with Crippen LogP contribution in [0.3, 0.4) is 0 Å². The number of ketones is 1. The first-order valence-corrected chi connectivity index (χ1v) is 7.08. The van der Waals surface area contributed by atoms with E-state index >= 15 is 0 Å². The average Bonchev–Trinajstić information content (AvgIpc) is 2.48. The van der Waals surface area contributed by atoms with Crippen LogP contribution in [0.25, 0.3) is 0 Å². The third-order valence-corrected chi connectivity index (χ3v) is 3.19. The summed E-state index contributed by atoms with van der Waals surface area (Å²) >= 11 is 5.97. The number of hydrogen-bond donors (Lipinski definition) is 1. The van der Waals surface area contributed by atoms with Crippen LogP contribution >= 0.6 is 11.6 Å². The fourth-order valence-corrected chi connectivity index (χ4v) is 1.85. The van der Waals surface area contributed by atoms with Crippen LogP contribution < -0.4 is 5.32 Å². The summed E-state index contributed by atoms with van der Waals surface area (Å²) in [4.78, 5) is 32.6. The molecule has 0 atom stereocenters. The summed E-state index contributed by atoms with van der Waals surface area (Å²) in [5.41, 5.74) is 0.300. The lowest BCUT2D eigenvalue weighted by Gasteiger charge is -2.19. The molecule has 2 aromatic rings. The molecule has 0 aliphatic rings. The lowest BCUT2D eigenvalue weighted by molar-refractivity contribution is -0.123. The number of anilines is 1. The number of carbonyl (C=O) groups excluding carboxylic acids is 2. The van der Waals surface area contributed by atoms with Gasteiger partial charge in [-0.3, -0.25) is 14.6 Å². The molecular weight excluding hydrogens is 302 g/mol. The second kappa shape index (κ2) is 6.23. The topological polar surface area (TPSA) is 72.0 Å². The Hall–Kier alpha value is -2.27. The number of hydrogen-bond acceptors (Lipinski definition) is 4. The van der Waals surface area contributed by atoms with Crippen LogP contribution in [0, 0.1) is 5.41 Å². The van der Waals surface area contributed by atoms with Crippen LogP contribution in [0.15, 0.2) is 36.8 Å². The van der Waals surface area contributed by atoms with Gasteiger partial charge in [0.25, 0.3) is 0 Å². The first kappa shape index (κ1) is 16.1. The molecule has 6 heteroatoms. The Morgan fingerprint density at radius 1 is 1.18 bits per heavy atom. The van der Waals surface area contributed by atoms with Crippen LogP contribution in [-0.4, -0.2) is 21.7 Å². The quantitative estimate of drug-likeness (QED) is 0.881. The zero-order valence-electron chi connectivity index (χ0n) is 12.6. The summed E-state index contributed by atoms with van der Waals surface area (Å²) in [5.74, 6) is -0.539. The molecule has 0 radical (unpaired) electrons. The Balaban J connectivity index is 2.41. The standard InChI is InChI=1S/C16H16ClN3O2/c1-16(2,3)15(22)20-12-5-4-10(17)8-11(12)14(21)13-9-18-6-7-19-13/h4-9H,1-3H3,(H,20,22). The van der Waals surface area contributed by atoms with Crippen molar-refractivity contribution in [3.05, 3.63) is 53.1 Å². The normalized spacial score (nSPS) is 11.1. The second-order valence-electron chi connectivity index (χ2n) is 5.81. The summed E-state index contributed by atoms with van der Waals surface area (Å²) < 4.78 is 0. The molecule has 22 heavy (non-hydrogen) atoms. The van der Waals surface area contributed by atoms with Crippen LogP contribution in [0.4, 0.5) is 5.69 Å². The fourth-order valence-electron chi connectivity index (χ4n) is 1.68. The number of benzene rings is 1. The molecule has 0 unspecified atom stereocenters. The van der Waals surface area contributed by atoms with Crippen LogP contribution in [0.5, 0.6) is 0 Å². The van der Waals surface area contributed by atoms with Crippen LogP contribution in [0.2, 0.25) is 5.02 Å². The zero-order valence-corrected chi connectivity index (χ0v) is 13.3. The lowest BCUT2D eigenvalue weighted by atomic mass is 9.95. The third kappa shape index (κ3) is 3.68. The van der Waals surface area contributed by atoms with E-state index in [9.17, 15) is 9.59 Å². The summed E-state index contributed by atoms with van der Waals surface area (Å²) in [6.45, 7) is 5.38. The molecule has 114 valence electrons. The summed E-state index contributed by atoms with van der Waals surface area (Å²) in [6.07, 6.45) is 4.29. The van der Waals surface area contributed by atoms with Gasteiger partial charge in [-0.15, -0.1) is 0 Å². The van der Waals surface area contributed by atoms with Crippen molar-refractivity contribution in [2.75, 3.05) is 5.32 Å². The minimum absolute atomic E-state index is 0.191. The van der Waals surface area contributed by atoms with Crippen molar-refractivity contribution in [3.63, 3.8) is 0 Å². The Labute approximate surface area is 133 Å². The van der Waals surface area contributed by atoms with Crippen molar-refractivity contribution in [3.8, 4) is 0 Å². The van der Waals surface area contributed by atoms with E-state index in [0.717, 1.165) is 0 Å². The summed E-state index contributed by atoms with van der Waals surface area (Å²) in [6, 6.07) is 4.74. The predicted molar refractivity (Wildman–Crippen MR) is 85.0 cm³/mol. The van der Waals surface area contributed by atoms with Gasteiger partial charge in [0.1, 0.15) is 5.69 Å². The van der Waals surface area contributed by atoms with E-state index in [1.165, 1.54) is 24.7 Å². The van der Waals surface area contributed by atoms with E-state index in [2.05, 4.69) is 15.3 Å². The number of carbonyl (C=O) groups is 2. The highest BCUT2D eigenvalue weighted by Gasteiger charge is 2.24. The van der Waals surface area contributed by atoms with Gasteiger partial charge in [-0.2, -0.15) is 0 Å². The number of aromatic nitrogens is 2. The van der Waals surface area contributed by atoms with Crippen molar-refractivity contribution in [1.29, 1.82) is 0 Å². The van der Waals surface area contributed by atoms with Gasteiger partial charge in [0.2, 0.25) is 11.7 Å². The third-order valence-electron chi connectivity index (χ3n) is 2.95. The highest BCUT2D eigenvalue weighted by Crippen LogP contribution is 2.25. The molecule has 1 aromatic heterocycles. The molecule has 1 heterocycles. The van der Waals surface area contributed by atoms with Crippen molar-refractivity contribution >= 4 is 29.0 Å². The number of nitrogens with zero attached hydrogens (tertiary/aromatic N) is 2. The van der Waals surface area contributed by atoms with Gasteiger partial charge >= 0.3 is 0 Å². The minimum atomic E-state index is -0.577. The number of amides is 1. The molecule has 5 nitrogen and oxygen atoms in total. The van der Waals surface area contributed by atoms with Gasteiger partial charge in [0, 0.05) is 28.4 Å². The monoisotopic (exact) mass is 317 g/mol. The average molecular weight is 318 g/mol. The number of rotatable bonds is 3. The Bertz CT molecular complexity index is 709. The second-order valence-corrected chi connectivity index (χ2v) is 6.25. The molecule has 0 saturated carbocycles. The van der Waals surface area contributed by atoms with Crippen molar-refractivity contribution < 1.29 is 9.59 Å². The van der Waals surface area contributed by atoms with E-state index in [-0.39, 0.29) is 22.9 Å². The van der Waals surface area contributed by atoms with E-state index in [1.807, 2.05) is 0 Å². The smallest absolute Gasteiger partial charge is 0.229 e. The maximum Gasteiger partial charge on any atom is 0.229 e. The molecule has 0 bridgehead atoms. The van der Waals surface area contributed by atoms with Gasteiger partial charge in [-0.25, -0.2) is 4.98 Å². The lowest BCUT2D eigenvalue weighted by Crippen LogP contribution is -2.28. The predicted octanol–water partition coefficient (Wildman–Crippen LogP) is 3.35. The SMILES string of the molecule is CC(C)(C)C(=O)Nc1ccc(Cl)cc1C(=O)c1cnccn1. The van der Waals surface area contributed by atoms with Crippen molar-refractivity contribution in [1.82, 2.24) is 9.97 Å². The van der Waals surface area contributed by atoms with Crippen molar-refractivity contribution in [2.24, 2.45) is 5.41 Å². The van der Waals surface area contributed by atoms with Gasteiger partial charge in [-0.1, -0.05) is 32.4 Å². The number of halogens is 1. The van der Waals surface area contributed by atoms with Gasteiger partial charge in [-0.05, 0) is 18.2 Å². The number of nitrogens with one attached hydrogen (secondary N) is 1. The zero-order chi connectivity index (χ0) is 16.3. The molecule has 0 fully saturated rings. The van der Waals surface area contributed by atoms with Gasteiger partial charge in [0.15, 0.2) is 0 Å². The summed E-state index contributed by atoms with van der Waals surface area (Å²) in [5, 5.41) is 3.17. The molecule has 0 aliphatic carbocycles. The first-order valence-electron chi connectivity index (χ1n) is 6.71. The maximum absolute atomic E-state index is 12.5. The van der Waals surface area contributed by atoms with Crippen LogP contribution in [-0.2, 0) is 4.79 Å². The molecule has 0 spiro atoms. The Morgan fingerprint density at radius 3 is 2.50 bits per heavy atom.